The Hall–Kier alpha value is -1.95. The van der Waals surface area contributed by atoms with Crippen LogP contribution in [0.1, 0.15) is 19.8 Å². The molecule has 1 aliphatic heterocycles. The quantitative estimate of drug-likeness (QED) is 0.890. The molecule has 5 nitrogen and oxygen atoms in total. The number of anilines is 1. The maximum absolute atomic E-state index is 13.2. The number of carbonyl (C=O) groups is 1. The van der Waals surface area contributed by atoms with Crippen molar-refractivity contribution >= 4 is 22.9 Å². The molecule has 1 fully saturated rings. The molecule has 0 bridgehead atoms. The molecule has 3 rings (SSSR count). The molecule has 0 saturated carbocycles. The second kappa shape index (κ2) is 5.44. The van der Waals surface area contributed by atoms with Gasteiger partial charge in [0.1, 0.15) is 5.82 Å². The van der Waals surface area contributed by atoms with Crippen LogP contribution in [-0.4, -0.2) is 28.0 Å². The van der Waals surface area contributed by atoms with E-state index in [2.05, 4.69) is 22.5 Å². The molecule has 1 aromatic heterocycles. The summed E-state index contributed by atoms with van der Waals surface area (Å²) in [5.74, 6) is 0.123. The van der Waals surface area contributed by atoms with Crippen molar-refractivity contribution in [3.63, 3.8) is 0 Å². The third-order valence-electron chi connectivity index (χ3n) is 4.07. The minimum Gasteiger partial charge on any atom is -0.314 e. The molecule has 2 aromatic rings. The minimum atomic E-state index is -0.328. The first-order valence-electron chi connectivity index (χ1n) is 7.21. The fourth-order valence-electron chi connectivity index (χ4n) is 2.87. The summed E-state index contributed by atoms with van der Waals surface area (Å²) in [5.41, 5.74) is 1.34. The summed E-state index contributed by atoms with van der Waals surface area (Å²) in [6.07, 6.45) is 1.65. The maximum Gasteiger partial charge on any atom is 0.229 e. The molecule has 0 aliphatic carbocycles. The van der Waals surface area contributed by atoms with Crippen molar-refractivity contribution in [1.82, 2.24) is 14.9 Å². The zero-order chi connectivity index (χ0) is 15.0. The molecular formula is C15H19FN4O. The number of piperidine rings is 1. The largest absolute Gasteiger partial charge is 0.314 e. The average Bonchev–Trinajstić information content (AvgIpc) is 2.74. The number of amides is 1. The van der Waals surface area contributed by atoms with Crippen molar-refractivity contribution in [1.29, 1.82) is 0 Å². The highest BCUT2D eigenvalue weighted by Crippen LogP contribution is 2.22. The predicted molar refractivity (Wildman–Crippen MR) is 79.5 cm³/mol. The van der Waals surface area contributed by atoms with Crippen molar-refractivity contribution in [2.24, 2.45) is 13.0 Å². The second-order valence-electron chi connectivity index (χ2n) is 5.69. The summed E-state index contributed by atoms with van der Waals surface area (Å²) in [5, 5.41) is 6.20. The lowest BCUT2D eigenvalue weighted by Gasteiger charge is -2.26. The summed E-state index contributed by atoms with van der Waals surface area (Å²) in [7, 11) is 1.81. The Morgan fingerprint density at radius 2 is 2.33 bits per heavy atom. The van der Waals surface area contributed by atoms with Crippen LogP contribution in [0.25, 0.3) is 11.0 Å². The number of aryl methyl sites for hydroxylation is 1. The Morgan fingerprint density at radius 3 is 3.10 bits per heavy atom. The van der Waals surface area contributed by atoms with Crippen molar-refractivity contribution in [2.75, 3.05) is 11.9 Å². The lowest BCUT2D eigenvalue weighted by Crippen LogP contribution is -2.40. The van der Waals surface area contributed by atoms with Gasteiger partial charge < -0.3 is 9.88 Å². The van der Waals surface area contributed by atoms with Crippen LogP contribution in [0.5, 0.6) is 0 Å². The molecule has 2 N–H and O–H groups in total. The predicted octanol–water partition coefficient (Wildman–Crippen LogP) is 2.04. The van der Waals surface area contributed by atoms with Crippen molar-refractivity contribution in [3.05, 3.63) is 24.0 Å². The smallest absolute Gasteiger partial charge is 0.229 e. The Labute approximate surface area is 122 Å². The fraction of sp³-hybridized carbons (Fsp3) is 0.467. The van der Waals surface area contributed by atoms with Crippen molar-refractivity contribution < 1.29 is 9.18 Å². The topological polar surface area (TPSA) is 59.0 Å². The van der Waals surface area contributed by atoms with Gasteiger partial charge in [0.15, 0.2) is 0 Å². The first kappa shape index (κ1) is 14.0. The Balaban J connectivity index is 1.81. The molecule has 1 saturated heterocycles. The van der Waals surface area contributed by atoms with Gasteiger partial charge in [-0.1, -0.05) is 0 Å². The Morgan fingerprint density at radius 1 is 1.52 bits per heavy atom. The van der Waals surface area contributed by atoms with E-state index >= 15 is 0 Å². The SMILES string of the molecule is C[C@H]1C[C@@H](C(=O)Nc2nc3cc(F)ccc3n2C)CCN1. The summed E-state index contributed by atoms with van der Waals surface area (Å²) >= 11 is 0. The monoisotopic (exact) mass is 290 g/mol. The number of carbonyl (C=O) groups excluding carboxylic acids is 1. The first-order valence-corrected chi connectivity index (χ1v) is 7.21. The number of hydrogen-bond acceptors (Lipinski definition) is 3. The van der Waals surface area contributed by atoms with Gasteiger partial charge >= 0.3 is 0 Å². The molecule has 1 amide bonds. The third kappa shape index (κ3) is 2.76. The molecule has 6 heteroatoms. The zero-order valence-electron chi connectivity index (χ0n) is 12.2. The van der Waals surface area contributed by atoms with E-state index in [-0.39, 0.29) is 17.6 Å². The number of aromatic nitrogens is 2. The summed E-state index contributed by atoms with van der Waals surface area (Å²) < 4.78 is 15.0. The van der Waals surface area contributed by atoms with Gasteiger partial charge in [-0.25, -0.2) is 9.37 Å². The summed E-state index contributed by atoms with van der Waals surface area (Å²) in [6, 6.07) is 4.78. The van der Waals surface area contributed by atoms with Gasteiger partial charge in [0, 0.05) is 25.1 Å². The lowest BCUT2D eigenvalue weighted by molar-refractivity contribution is -0.120. The van der Waals surface area contributed by atoms with Gasteiger partial charge in [0.2, 0.25) is 11.9 Å². The van der Waals surface area contributed by atoms with E-state index in [0.29, 0.717) is 17.5 Å². The Kier molecular flexibility index (Phi) is 3.63. The van der Waals surface area contributed by atoms with Crippen molar-refractivity contribution in [3.8, 4) is 0 Å². The third-order valence-corrected chi connectivity index (χ3v) is 4.07. The van der Waals surface area contributed by atoms with E-state index < -0.39 is 0 Å². The highest BCUT2D eigenvalue weighted by Gasteiger charge is 2.25. The summed E-state index contributed by atoms with van der Waals surface area (Å²) in [6.45, 7) is 2.93. The van der Waals surface area contributed by atoms with E-state index in [4.69, 9.17) is 0 Å². The van der Waals surface area contributed by atoms with E-state index in [9.17, 15) is 9.18 Å². The van der Waals surface area contributed by atoms with Crippen LogP contribution in [0.3, 0.4) is 0 Å². The first-order chi connectivity index (χ1) is 10.0. The molecule has 1 aliphatic rings. The molecule has 2 heterocycles. The highest BCUT2D eigenvalue weighted by molar-refractivity contribution is 5.93. The molecular weight excluding hydrogens is 271 g/mol. The van der Waals surface area contributed by atoms with E-state index in [0.717, 1.165) is 24.9 Å². The van der Waals surface area contributed by atoms with E-state index in [1.807, 2.05) is 7.05 Å². The number of halogens is 1. The molecule has 2 atom stereocenters. The average molecular weight is 290 g/mol. The highest BCUT2D eigenvalue weighted by atomic mass is 19.1. The number of imidazole rings is 1. The van der Waals surface area contributed by atoms with Crippen LogP contribution in [0.15, 0.2) is 18.2 Å². The fourth-order valence-corrected chi connectivity index (χ4v) is 2.87. The van der Waals surface area contributed by atoms with Gasteiger partial charge in [0.25, 0.3) is 0 Å². The van der Waals surface area contributed by atoms with E-state index in [1.165, 1.54) is 12.1 Å². The van der Waals surface area contributed by atoms with Gasteiger partial charge in [0.05, 0.1) is 11.0 Å². The van der Waals surface area contributed by atoms with Gasteiger partial charge in [-0.15, -0.1) is 0 Å². The lowest BCUT2D eigenvalue weighted by atomic mass is 9.92. The number of benzene rings is 1. The van der Waals surface area contributed by atoms with Gasteiger partial charge in [-0.2, -0.15) is 0 Å². The molecule has 21 heavy (non-hydrogen) atoms. The van der Waals surface area contributed by atoms with Gasteiger partial charge in [-0.3, -0.25) is 10.1 Å². The minimum absolute atomic E-state index is 0.00204. The van der Waals surface area contributed by atoms with Crippen LogP contribution >= 0.6 is 0 Å². The van der Waals surface area contributed by atoms with Crippen LogP contribution < -0.4 is 10.6 Å². The zero-order valence-corrected chi connectivity index (χ0v) is 12.2. The van der Waals surface area contributed by atoms with E-state index in [1.54, 1.807) is 10.6 Å². The van der Waals surface area contributed by atoms with Crippen LogP contribution in [-0.2, 0) is 11.8 Å². The number of nitrogens with zero attached hydrogens (tertiary/aromatic N) is 2. The number of hydrogen-bond donors (Lipinski definition) is 2. The second-order valence-corrected chi connectivity index (χ2v) is 5.69. The van der Waals surface area contributed by atoms with Crippen LogP contribution in [0.4, 0.5) is 10.3 Å². The normalized spacial score (nSPS) is 22.4. The van der Waals surface area contributed by atoms with Gasteiger partial charge in [-0.05, 0) is 38.4 Å². The number of fused-ring (bicyclic) bond motifs is 1. The molecule has 0 unspecified atom stereocenters. The molecule has 0 spiro atoms. The standard InChI is InChI=1S/C15H19FN4O/c1-9-7-10(5-6-17-9)14(21)19-15-18-12-8-11(16)3-4-13(12)20(15)2/h3-4,8-10,17H,5-7H2,1-2H3,(H,18,19,21)/t9-,10-/m0/s1. The number of nitrogens with one attached hydrogen (secondary N) is 2. The Bertz CT molecular complexity index is 682. The number of rotatable bonds is 2. The van der Waals surface area contributed by atoms with Crippen molar-refractivity contribution in [2.45, 2.75) is 25.8 Å². The molecule has 112 valence electrons. The molecule has 0 radical (unpaired) electrons. The van der Waals surface area contributed by atoms with Crippen LogP contribution in [0.2, 0.25) is 0 Å². The maximum atomic E-state index is 13.2. The molecule has 1 aromatic carbocycles. The van der Waals surface area contributed by atoms with Crippen LogP contribution in [0, 0.1) is 11.7 Å². The summed E-state index contributed by atoms with van der Waals surface area (Å²) in [4.78, 5) is 16.6.